The lowest BCUT2D eigenvalue weighted by atomic mass is 10.2. The molecule has 0 unspecified atom stereocenters. The Balaban J connectivity index is 1.90. The van der Waals surface area contributed by atoms with E-state index >= 15 is 0 Å². The molecule has 2 aromatic carbocycles. The van der Waals surface area contributed by atoms with Crippen molar-refractivity contribution in [1.29, 1.82) is 0 Å². The van der Waals surface area contributed by atoms with E-state index in [9.17, 15) is 19.7 Å². The molecule has 2 aliphatic heterocycles. The maximum atomic E-state index is 12.9. The van der Waals surface area contributed by atoms with E-state index in [1.807, 2.05) is 35.2 Å². The summed E-state index contributed by atoms with van der Waals surface area (Å²) in [4.78, 5) is 38.8. The lowest BCUT2D eigenvalue weighted by molar-refractivity contribution is -0.384. The van der Waals surface area contributed by atoms with Crippen LogP contribution in [-0.4, -0.2) is 39.4 Å². The number of para-hydroxylation sites is 1. The zero-order valence-corrected chi connectivity index (χ0v) is 20.8. The van der Waals surface area contributed by atoms with Gasteiger partial charge in [-0.3, -0.25) is 10.1 Å². The molecule has 0 N–H and O–H groups in total. The van der Waals surface area contributed by atoms with Crippen LogP contribution in [0.4, 0.5) is 17.1 Å². The van der Waals surface area contributed by atoms with Gasteiger partial charge in [-0.25, -0.2) is 14.6 Å². The first-order chi connectivity index (χ1) is 16.8. The molecule has 10 nitrogen and oxygen atoms in total. The number of esters is 2. The average molecular weight is 515 g/mol. The van der Waals surface area contributed by atoms with Gasteiger partial charge in [0.25, 0.3) is 5.69 Å². The minimum atomic E-state index is -1.22. The number of hydrazone groups is 1. The smallest absolute Gasteiger partial charge is 0.365 e. The van der Waals surface area contributed by atoms with Gasteiger partial charge in [0.1, 0.15) is 4.91 Å². The summed E-state index contributed by atoms with van der Waals surface area (Å²) in [7, 11) is 0. The number of benzene rings is 2. The quantitative estimate of drug-likeness (QED) is 0.293. The third kappa shape index (κ3) is 4.46. The van der Waals surface area contributed by atoms with Crippen molar-refractivity contribution in [1.82, 2.24) is 0 Å². The first kappa shape index (κ1) is 24.6. The van der Waals surface area contributed by atoms with Gasteiger partial charge in [-0.15, -0.1) is 0 Å². The summed E-state index contributed by atoms with van der Waals surface area (Å²) >= 11 is 2.27. The number of allylic oxidation sites excluding steroid dienone is 1. The van der Waals surface area contributed by atoms with Crippen LogP contribution in [0.1, 0.15) is 20.8 Å². The standard InChI is InChI=1S/C23H22N4O6S2/c1-4-32-21(28)19-15(3)25(16-10-7-6-8-11-16)23(34-19)26(24-20(35-23)22(29)33-5-2)17-12-9-13-18(14-17)27(30)31/h6-14H,4-5H2,1-3H3/t23-/m0/s1. The lowest BCUT2D eigenvalue weighted by Crippen LogP contribution is -2.49. The van der Waals surface area contributed by atoms with Crippen LogP contribution in [0.3, 0.4) is 0 Å². The maximum Gasteiger partial charge on any atom is 0.365 e. The summed E-state index contributed by atoms with van der Waals surface area (Å²) in [6.45, 7) is 5.55. The van der Waals surface area contributed by atoms with Gasteiger partial charge in [0.15, 0.2) is 0 Å². The monoisotopic (exact) mass is 514 g/mol. The highest BCUT2D eigenvalue weighted by molar-refractivity contribution is 8.29. The van der Waals surface area contributed by atoms with Crippen LogP contribution in [0.2, 0.25) is 0 Å². The van der Waals surface area contributed by atoms with E-state index < -0.39 is 21.2 Å². The highest BCUT2D eigenvalue weighted by Gasteiger charge is 2.58. The van der Waals surface area contributed by atoms with E-state index in [1.54, 1.807) is 32.9 Å². The highest BCUT2D eigenvalue weighted by Crippen LogP contribution is 2.60. The predicted octanol–water partition coefficient (Wildman–Crippen LogP) is 4.68. The van der Waals surface area contributed by atoms with Gasteiger partial charge in [0.2, 0.25) is 9.37 Å². The number of thioether (sulfide) groups is 2. The van der Waals surface area contributed by atoms with E-state index in [0.717, 1.165) is 29.2 Å². The number of hydrogen-bond acceptors (Lipinski definition) is 11. The molecule has 182 valence electrons. The number of anilines is 2. The summed E-state index contributed by atoms with van der Waals surface area (Å²) in [6, 6.07) is 15.3. The minimum Gasteiger partial charge on any atom is -0.462 e. The zero-order chi connectivity index (χ0) is 25.2. The van der Waals surface area contributed by atoms with Gasteiger partial charge in [-0.2, -0.15) is 5.10 Å². The molecule has 0 saturated carbocycles. The fourth-order valence-electron chi connectivity index (χ4n) is 3.67. The molecule has 0 aromatic heterocycles. The first-order valence-electron chi connectivity index (χ1n) is 10.7. The summed E-state index contributed by atoms with van der Waals surface area (Å²) < 4.78 is 9.28. The van der Waals surface area contributed by atoms with Gasteiger partial charge in [-0.05, 0) is 50.7 Å². The Morgan fingerprint density at radius 1 is 1.00 bits per heavy atom. The molecule has 2 heterocycles. The Labute approximate surface area is 210 Å². The fourth-order valence-corrected chi connectivity index (χ4v) is 6.62. The summed E-state index contributed by atoms with van der Waals surface area (Å²) in [6.07, 6.45) is 0. The van der Waals surface area contributed by atoms with Crippen LogP contribution in [0.25, 0.3) is 0 Å². The Hall–Kier alpha value is -3.51. The van der Waals surface area contributed by atoms with Gasteiger partial charge in [0, 0.05) is 23.5 Å². The van der Waals surface area contributed by atoms with Crippen molar-refractivity contribution in [2.24, 2.45) is 5.10 Å². The number of nitro groups is 1. The molecular formula is C23H22N4O6S2. The van der Waals surface area contributed by atoms with Crippen molar-refractivity contribution in [2.75, 3.05) is 23.1 Å². The number of hydrogen-bond donors (Lipinski definition) is 0. The number of nitrogens with zero attached hydrogens (tertiary/aromatic N) is 4. The van der Waals surface area contributed by atoms with E-state index in [1.165, 1.54) is 17.1 Å². The van der Waals surface area contributed by atoms with Gasteiger partial charge in [0.05, 0.1) is 23.8 Å². The molecule has 12 heteroatoms. The first-order valence-corrected chi connectivity index (χ1v) is 12.4. The molecule has 0 saturated heterocycles. The van der Waals surface area contributed by atoms with Crippen molar-refractivity contribution in [3.8, 4) is 0 Å². The number of ether oxygens (including phenoxy) is 2. The molecule has 2 aromatic rings. The Morgan fingerprint density at radius 2 is 1.66 bits per heavy atom. The average Bonchev–Trinajstić information content (AvgIpc) is 3.37. The molecule has 2 aliphatic rings. The van der Waals surface area contributed by atoms with Crippen molar-refractivity contribution < 1.29 is 24.0 Å². The molecule has 0 aliphatic carbocycles. The summed E-state index contributed by atoms with van der Waals surface area (Å²) in [5.41, 5.74) is 1.58. The number of nitro benzene ring substituents is 1. The Morgan fingerprint density at radius 3 is 2.31 bits per heavy atom. The van der Waals surface area contributed by atoms with E-state index in [-0.39, 0.29) is 23.9 Å². The van der Waals surface area contributed by atoms with Crippen LogP contribution >= 0.6 is 23.5 Å². The third-order valence-corrected chi connectivity index (χ3v) is 7.93. The second-order valence-electron chi connectivity index (χ2n) is 7.27. The number of carbonyl (C=O) groups excluding carboxylic acids is 2. The molecule has 1 atom stereocenters. The molecule has 0 amide bonds. The number of carbonyl (C=O) groups is 2. The molecule has 1 spiro atoms. The molecular weight excluding hydrogens is 492 g/mol. The molecule has 35 heavy (non-hydrogen) atoms. The minimum absolute atomic E-state index is 0.0599. The second kappa shape index (κ2) is 10.0. The van der Waals surface area contributed by atoms with Crippen molar-refractivity contribution in [3.63, 3.8) is 0 Å². The Bertz CT molecular complexity index is 1240. The predicted molar refractivity (Wildman–Crippen MR) is 136 cm³/mol. The SMILES string of the molecule is CCOC(=O)C1=NN(c2cccc([N+](=O)[O-])c2)[C@]2(S1)SC(C(=O)OCC)=C(C)N2c1ccccc1. The number of rotatable bonds is 7. The van der Waals surface area contributed by atoms with Crippen molar-refractivity contribution in [2.45, 2.75) is 25.1 Å². The lowest BCUT2D eigenvalue weighted by Gasteiger charge is -2.41. The third-order valence-electron chi connectivity index (χ3n) is 5.08. The normalized spacial score (nSPS) is 19.2. The van der Waals surface area contributed by atoms with Gasteiger partial charge < -0.3 is 14.4 Å². The zero-order valence-electron chi connectivity index (χ0n) is 19.2. The van der Waals surface area contributed by atoms with Crippen LogP contribution < -0.4 is 9.91 Å². The topological polar surface area (TPSA) is 115 Å². The Kier molecular flexibility index (Phi) is 7.03. The maximum absolute atomic E-state index is 12.9. The van der Waals surface area contributed by atoms with Crippen LogP contribution in [0.15, 0.2) is 70.3 Å². The second-order valence-corrected chi connectivity index (χ2v) is 9.87. The fraction of sp³-hybridized carbons (Fsp3) is 0.261. The van der Waals surface area contributed by atoms with Gasteiger partial charge >= 0.3 is 11.9 Å². The van der Waals surface area contributed by atoms with Crippen LogP contribution in [0, 0.1) is 10.1 Å². The highest BCUT2D eigenvalue weighted by atomic mass is 32.2. The van der Waals surface area contributed by atoms with Crippen molar-refractivity contribution >= 4 is 57.6 Å². The van der Waals surface area contributed by atoms with Crippen LogP contribution in [-0.2, 0) is 19.1 Å². The number of non-ortho nitro benzene ring substituents is 1. The van der Waals surface area contributed by atoms with Crippen molar-refractivity contribution in [3.05, 3.63) is 75.3 Å². The molecule has 0 radical (unpaired) electrons. The van der Waals surface area contributed by atoms with E-state index in [0.29, 0.717) is 16.3 Å². The summed E-state index contributed by atoms with van der Waals surface area (Å²) in [5, 5.41) is 17.6. The van der Waals surface area contributed by atoms with Gasteiger partial charge in [-0.1, -0.05) is 36.0 Å². The van der Waals surface area contributed by atoms with Crippen LogP contribution in [0.5, 0.6) is 0 Å². The van der Waals surface area contributed by atoms with E-state index in [2.05, 4.69) is 5.10 Å². The molecule has 0 bridgehead atoms. The molecule has 4 rings (SSSR count). The summed E-state index contributed by atoms with van der Waals surface area (Å²) in [5.74, 6) is -1.13. The molecule has 0 fully saturated rings. The van der Waals surface area contributed by atoms with E-state index in [4.69, 9.17) is 9.47 Å². The largest absolute Gasteiger partial charge is 0.462 e.